The van der Waals surface area contributed by atoms with Gasteiger partial charge in [-0.3, -0.25) is 0 Å². The van der Waals surface area contributed by atoms with Crippen molar-refractivity contribution in [3.05, 3.63) is 125 Å². The van der Waals surface area contributed by atoms with Crippen molar-refractivity contribution in [2.45, 2.75) is 19.4 Å². The number of anilines is 4. The number of nitrogens with zero attached hydrogens (tertiary/aromatic N) is 2. The van der Waals surface area contributed by atoms with Crippen LogP contribution in [0.3, 0.4) is 0 Å². The van der Waals surface area contributed by atoms with Crippen molar-refractivity contribution < 1.29 is 28.5 Å². The van der Waals surface area contributed by atoms with Gasteiger partial charge in [-0.1, -0.05) is 30.3 Å². The molecule has 1 atom stereocenters. The first kappa shape index (κ1) is 30.0. The Bertz CT molecular complexity index is 1940. The van der Waals surface area contributed by atoms with Gasteiger partial charge in [-0.05, 0) is 62.4 Å². The Labute approximate surface area is 274 Å². The van der Waals surface area contributed by atoms with Gasteiger partial charge >= 0.3 is 5.97 Å². The number of ether oxygens (including phenoxy) is 5. The molecule has 0 radical (unpaired) electrons. The van der Waals surface area contributed by atoms with E-state index in [1.807, 2.05) is 97.1 Å². The average molecular weight is 629 g/mol. The Balaban J connectivity index is 1.52. The highest BCUT2D eigenvalue weighted by Crippen LogP contribution is 2.59. The van der Waals surface area contributed by atoms with Gasteiger partial charge in [0, 0.05) is 71.1 Å². The van der Waals surface area contributed by atoms with Crippen LogP contribution in [0.25, 0.3) is 0 Å². The summed E-state index contributed by atoms with van der Waals surface area (Å²) in [6, 6.07) is 33.2. The van der Waals surface area contributed by atoms with E-state index in [1.165, 1.54) is 0 Å². The number of carbonyl (C=O) groups excluding carboxylic acids is 1. The van der Waals surface area contributed by atoms with Crippen LogP contribution < -0.4 is 28.7 Å². The summed E-state index contributed by atoms with van der Waals surface area (Å²) in [5, 5.41) is 0. The third-order valence-corrected chi connectivity index (χ3v) is 8.99. The highest BCUT2D eigenvalue weighted by molar-refractivity contribution is 5.97. The molecular formula is C39H36N2O6. The van der Waals surface area contributed by atoms with Crippen molar-refractivity contribution in [3.63, 3.8) is 0 Å². The van der Waals surface area contributed by atoms with Crippen molar-refractivity contribution in [2.75, 3.05) is 44.2 Å². The van der Waals surface area contributed by atoms with Crippen molar-refractivity contribution in [3.8, 4) is 28.7 Å². The van der Waals surface area contributed by atoms with Gasteiger partial charge in [-0.25, -0.2) is 4.79 Å². The summed E-state index contributed by atoms with van der Waals surface area (Å²) in [5.41, 5.74) is 4.86. The van der Waals surface area contributed by atoms with Crippen LogP contribution in [0.1, 0.15) is 40.9 Å². The van der Waals surface area contributed by atoms with Gasteiger partial charge in [0.1, 0.15) is 28.7 Å². The SMILES string of the molecule is CCN(CC)c1ccc2c(c1)Oc1cc(OC)c(N(c3cccc(OC)c3)c3cccc(OC)c3)cc1C21OC(=O)c2ccccc21. The first-order valence-electron chi connectivity index (χ1n) is 15.7. The van der Waals surface area contributed by atoms with E-state index in [-0.39, 0.29) is 5.97 Å². The van der Waals surface area contributed by atoms with Gasteiger partial charge in [0.2, 0.25) is 0 Å². The molecule has 8 heteroatoms. The lowest BCUT2D eigenvalue weighted by atomic mass is 9.77. The predicted molar refractivity (Wildman–Crippen MR) is 183 cm³/mol. The smallest absolute Gasteiger partial charge is 0.340 e. The second-order valence-corrected chi connectivity index (χ2v) is 11.3. The van der Waals surface area contributed by atoms with Crippen molar-refractivity contribution in [1.82, 2.24) is 0 Å². The molecule has 8 nitrogen and oxygen atoms in total. The van der Waals surface area contributed by atoms with E-state index >= 15 is 0 Å². The van der Waals surface area contributed by atoms with Crippen LogP contribution in [-0.2, 0) is 10.3 Å². The standard InChI is InChI=1S/C39H36N2O6/c1-6-40(7-2)25-18-19-32-35(22-25)46-36-24-37(45-5)34(23-33(36)39(32)31-17-9-8-16-30(31)38(42)47-39)41(26-12-10-14-28(20-26)43-3)27-13-11-15-29(21-27)44-4/h8-24H,6-7H2,1-5H3. The van der Waals surface area contributed by atoms with Gasteiger partial charge in [-0.2, -0.15) is 0 Å². The molecule has 0 fully saturated rings. The Morgan fingerprint density at radius 2 is 1.30 bits per heavy atom. The van der Waals surface area contributed by atoms with Crippen LogP contribution in [0, 0.1) is 0 Å². The molecule has 0 aliphatic carbocycles. The van der Waals surface area contributed by atoms with Gasteiger partial charge < -0.3 is 33.5 Å². The number of hydrogen-bond donors (Lipinski definition) is 0. The molecule has 5 aromatic rings. The quantitative estimate of drug-likeness (QED) is 0.150. The minimum Gasteiger partial charge on any atom is -0.497 e. The van der Waals surface area contributed by atoms with Crippen LogP contribution in [0.2, 0.25) is 0 Å². The summed E-state index contributed by atoms with van der Waals surface area (Å²) in [6.45, 7) is 5.93. The Morgan fingerprint density at radius 1 is 0.638 bits per heavy atom. The van der Waals surface area contributed by atoms with Crippen LogP contribution in [-0.4, -0.2) is 40.4 Å². The normalized spacial score (nSPS) is 15.6. The summed E-state index contributed by atoms with van der Waals surface area (Å²) in [5.74, 6) is 2.73. The number of carbonyl (C=O) groups is 1. The third kappa shape index (κ3) is 4.79. The molecule has 0 saturated carbocycles. The van der Waals surface area contributed by atoms with E-state index in [1.54, 1.807) is 21.3 Å². The minimum atomic E-state index is -1.26. The summed E-state index contributed by atoms with van der Waals surface area (Å²) < 4.78 is 30.5. The Kier molecular flexibility index (Phi) is 7.64. The number of esters is 1. The molecule has 2 aliphatic rings. The fourth-order valence-corrected chi connectivity index (χ4v) is 6.73. The molecule has 1 unspecified atom stereocenters. The molecule has 7 rings (SSSR count). The molecule has 0 saturated heterocycles. The lowest BCUT2D eigenvalue weighted by Gasteiger charge is -2.38. The fourth-order valence-electron chi connectivity index (χ4n) is 6.73. The van der Waals surface area contributed by atoms with E-state index in [0.29, 0.717) is 45.6 Å². The fraction of sp³-hybridized carbons (Fsp3) is 0.205. The van der Waals surface area contributed by atoms with Crippen LogP contribution in [0.5, 0.6) is 28.7 Å². The molecule has 5 aromatic carbocycles. The molecular weight excluding hydrogens is 592 g/mol. The molecule has 0 bridgehead atoms. The number of hydrogen-bond acceptors (Lipinski definition) is 8. The lowest BCUT2D eigenvalue weighted by Crippen LogP contribution is -2.33. The Hall–Kier alpha value is -5.63. The van der Waals surface area contributed by atoms with Gasteiger partial charge in [0.15, 0.2) is 5.60 Å². The van der Waals surface area contributed by atoms with E-state index in [2.05, 4.69) is 29.7 Å². The average Bonchev–Trinajstić information content (AvgIpc) is 3.41. The summed E-state index contributed by atoms with van der Waals surface area (Å²) in [4.78, 5) is 17.9. The van der Waals surface area contributed by atoms with Gasteiger partial charge in [-0.15, -0.1) is 0 Å². The number of methoxy groups -OCH3 is 3. The molecule has 0 amide bonds. The topological polar surface area (TPSA) is 69.7 Å². The number of rotatable bonds is 9. The van der Waals surface area contributed by atoms with E-state index < -0.39 is 5.60 Å². The first-order chi connectivity index (χ1) is 22.9. The molecule has 47 heavy (non-hydrogen) atoms. The molecule has 0 aromatic heterocycles. The predicted octanol–water partition coefficient (Wildman–Crippen LogP) is 8.60. The maximum atomic E-state index is 13.6. The zero-order chi connectivity index (χ0) is 32.7. The molecule has 2 heterocycles. The van der Waals surface area contributed by atoms with Gasteiger partial charge in [0.05, 0.1) is 32.6 Å². The highest BCUT2D eigenvalue weighted by Gasteiger charge is 2.54. The second-order valence-electron chi connectivity index (χ2n) is 11.3. The van der Waals surface area contributed by atoms with Crippen LogP contribution in [0.15, 0.2) is 103 Å². The third-order valence-electron chi connectivity index (χ3n) is 8.99. The highest BCUT2D eigenvalue weighted by atomic mass is 16.6. The monoisotopic (exact) mass is 628 g/mol. The summed E-state index contributed by atoms with van der Waals surface area (Å²) >= 11 is 0. The molecule has 238 valence electrons. The zero-order valence-electron chi connectivity index (χ0n) is 27.1. The molecule has 2 aliphatic heterocycles. The van der Waals surface area contributed by atoms with Crippen molar-refractivity contribution >= 4 is 28.7 Å². The largest absolute Gasteiger partial charge is 0.497 e. The van der Waals surface area contributed by atoms with Crippen molar-refractivity contribution in [2.24, 2.45) is 0 Å². The number of benzene rings is 5. The van der Waals surface area contributed by atoms with E-state index in [0.717, 1.165) is 41.3 Å². The number of fused-ring (bicyclic) bond motifs is 6. The minimum absolute atomic E-state index is 0.387. The summed E-state index contributed by atoms with van der Waals surface area (Å²) in [7, 11) is 4.92. The van der Waals surface area contributed by atoms with E-state index in [9.17, 15) is 4.79 Å². The first-order valence-corrected chi connectivity index (χ1v) is 15.7. The van der Waals surface area contributed by atoms with Crippen LogP contribution in [0.4, 0.5) is 22.7 Å². The summed E-state index contributed by atoms with van der Waals surface area (Å²) in [6.07, 6.45) is 0. The molecule has 1 spiro atoms. The van der Waals surface area contributed by atoms with Crippen LogP contribution >= 0.6 is 0 Å². The van der Waals surface area contributed by atoms with E-state index in [4.69, 9.17) is 23.7 Å². The Morgan fingerprint density at radius 3 is 1.94 bits per heavy atom. The maximum absolute atomic E-state index is 13.6. The zero-order valence-corrected chi connectivity index (χ0v) is 27.1. The van der Waals surface area contributed by atoms with Crippen molar-refractivity contribution in [1.29, 1.82) is 0 Å². The van der Waals surface area contributed by atoms with Gasteiger partial charge in [0.25, 0.3) is 0 Å². The second kappa shape index (κ2) is 11.9. The lowest BCUT2D eigenvalue weighted by molar-refractivity contribution is 0.0224. The molecule has 0 N–H and O–H groups in total. The maximum Gasteiger partial charge on any atom is 0.340 e.